The molecule has 1 rings (SSSR count). The van der Waals surface area contributed by atoms with Crippen LogP contribution >= 0.6 is 15.9 Å². The molecule has 2 N–H and O–H groups in total. The first-order chi connectivity index (χ1) is 8.99. The molecule has 106 valence electrons. The van der Waals surface area contributed by atoms with Crippen LogP contribution in [0.4, 0.5) is 0 Å². The van der Waals surface area contributed by atoms with Crippen LogP contribution in [0.5, 0.6) is 5.75 Å². The van der Waals surface area contributed by atoms with Gasteiger partial charge in [-0.25, -0.2) is 4.79 Å². The third kappa shape index (κ3) is 4.51. The molecule has 0 saturated heterocycles. The van der Waals surface area contributed by atoms with Gasteiger partial charge in [-0.15, -0.1) is 0 Å². The SMILES string of the molecule is CCOC(=O)C(CC)Oc1cc(Br)ccc1C(C)N. The zero-order valence-corrected chi connectivity index (χ0v) is 13.1. The van der Waals surface area contributed by atoms with Crippen molar-refractivity contribution in [2.24, 2.45) is 5.73 Å². The summed E-state index contributed by atoms with van der Waals surface area (Å²) in [4.78, 5) is 11.8. The molecule has 0 heterocycles. The molecule has 0 radical (unpaired) electrons. The highest BCUT2D eigenvalue weighted by atomic mass is 79.9. The van der Waals surface area contributed by atoms with E-state index in [1.54, 1.807) is 6.92 Å². The van der Waals surface area contributed by atoms with Gasteiger partial charge in [0.2, 0.25) is 0 Å². The molecule has 2 unspecified atom stereocenters. The number of rotatable bonds is 6. The molecular weight excluding hydrogens is 310 g/mol. The lowest BCUT2D eigenvalue weighted by Gasteiger charge is -2.20. The van der Waals surface area contributed by atoms with E-state index < -0.39 is 6.10 Å². The quantitative estimate of drug-likeness (QED) is 0.814. The van der Waals surface area contributed by atoms with E-state index in [0.717, 1.165) is 10.0 Å². The first-order valence-electron chi connectivity index (χ1n) is 6.37. The lowest BCUT2D eigenvalue weighted by molar-refractivity contribution is -0.151. The topological polar surface area (TPSA) is 61.5 Å². The second kappa shape index (κ2) is 7.50. The Bertz CT molecular complexity index is 435. The van der Waals surface area contributed by atoms with Crippen molar-refractivity contribution in [1.82, 2.24) is 0 Å². The average molecular weight is 330 g/mol. The van der Waals surface area contributed by atoms with Crippen LogP contribution in [0.3, 0.4) is 0 Å². The molecular formula is C14H20BrNO3. The van der Waals surface area contributed by atoms with Gasteiger partial charge in [-0.2, -0.15) is 0 Å². The highest BCUT2D eigenvalue weighted by Gasteiger charge is 2.21. The van der Waals surface area contributed by atoms with Crippen LogP contribution in [-0.4, -0.2) is 18.7 Å². The Balaban J connectivity index is 2.95. The number of benzene rings is 1. The van der Waals surface area contributed by atoms with Crippen molar-refractivity contribution >= 4 is 21.9 Å². The summed E-state index contributed by atoms with van der Waals surface area (Å²) in [6.45, 7) is 5.88. The fraction of sp³-hybridized carbons (Fsp3) is 0.500. The molecule has 0 saturated carbocycles. The van der Waals surface area contributed by atoms with E-state index in [4.69, 9.17) is 15.2 Å². The van der Waals surface area contributed by atoms with Crippen LogP contribution in [0.2, 0.25) is 0 Å². The standard InChI is InChI=1S/C14H20BrNO3/c1-4-12(14(17)18-5-2)19-13-8-10(15)6-7-11(13)9(3)16/h6-9,12H,4-5,16H2,1-3H3. The summed E-state index contributed by atoms with van der Waals surface area (Å²) in [5, 5.41) is 0. The van der Waals surface area contributed by atoms with E-state index in [1.165, 1.54) is 0 Å². The van der Waals surface area contributed by atoms with Crippen molar-refractivity contribution in [1.29, 1.82) is 0 Å². The monoisotopic (exact) mass is 329 g/mol. The number of halogens is 1. The fourth-order valence-electron chi connectivity index (χ4n) is 1.67. The third-order valence-electron chi connectivity index (χ3n) is 2.66. The Hall–Kier alpha value is -1.07. The summed E-state index contributed by atoms with van der Waals surface area (Å²) >= 11 is 3.39. The highest BCUT2D eigenvalue weighted by Crippen LogP contribution is 2.29. The Labute approximate surface area is 122 Å². The van der Waals surface area contributed by atoms with Crippen LogP contribution in [0.15, 0.2) is 22.7 Å². The maximum Gasteiger partial charge on any atom is 0.347 e. The van der Waals surface area contributed by atoms with Gasteiger partial charge in [0.1, 0.15) is 5.75 Å². The number of ether oxygens (including phenoxy) is 2. The minimum atomic E-state index is -0.605. The molecule has 4 nitrogen and oxygen atoms in total. The fourth-order valence-corrected chi connectivity index (χ4v) is 2.01. The van der Waals surface area contributed by atoms with Gasteiger partial charge >= 0.3 is 5.97 Å². The summed E-state index contributed by atoms with van der Waals surface area (Å²) in [7, 11) is 0. The van der Waals surface area contributed by atoms with E-state index in [9.17, 15) is 4.79 Å². The summed E-state index contributed by atoms with van der Waals surface area (Å²) in [5.74, 6) is 0.268. The minimum Gasteiger partial charge on any atom is -0.478 e. The van der Waals surface area contributed by atoms with Crippen LogP contribution in [-0.2, 0) is 9.53 Å². The molecule has 2 atom stereocenters. The molecule has 0 aliphatic rings. The Kier molecular flexibility index (Phi) is 6.31. The number of esters is 1. The van der Waals surface area contributed by atoms with Crippen LogP contribution in [0.25, 0.3) is 0 Å². The molecule has 0 amide bonds. The lowest BCUT2D eigenvalue weighted by atomic mass is 10.1. The minimum absolute atomic E-state index is 0.164. The van der Waals surface area contributed by atoms with Crippen LogP contribution in [0.1, 0.15) is 38.8 Å². The van der Waals surface area contributed by atoms with Gasteiger partial charge in [-0.1, -0.05) is 28.9 Å². The van der Waals surface area contributed by atoms with Gasteiger partial charge in [-0.3, -0.25) is 0 Å². The summed E-state index contributed by atoms with van der Waals surface area (Å²) < 4.78 is 11.6. The molecule has 0 aliphatic heterocycles. The van der Waals surface area contributed by atoms with E-state index in [2.05, 4.69) is 15.9 Å². The van der Waals surface area contributed by atoms with Gasteiger partial charge < -0.3 is 15.2 Å². The molecule has 0 spiro atoms. The predicted molar refractivity (Wildman–Crippen MR) is 78.1 cm³/mol. The molecule has 0 aromatic heterocycles. The number of carbonyl (C=O) groups is 1. The molecule has 0 fully saturated rings. The second-order valence-electron chi connectivity index (χ2n) is 4.24. The van der Waals surface area contributed by atoms with Crippen LogP contribution in [0, 0.1) is 0 Å². The Morgan fingerprint density at radius 1 is 1.42 bits per heavy atom. The largest absolute Gasteiger partial charge is 0.478 e. The predicted octanol–water partition coefficient (Wildman–Crippen LogP) is 3.19. The van der Waals surface area contributed by atoms with Gasteiger partial charge in [0.15, 0.2) is 6.10 Å². The maximum atomic E-state index is 11.8. The van der Waals surface area contributed by atoms with Crippen molar-refractivity contribution < 1.29 is 14.3 Å². The van der Waals surface area contributed by atoms with E-state index >= 15 is 0 Å². The molecule has 0 bridgehead atoms. The first-order valence-corrected chi connectivity index (χ1v) is 7.17. The molecule has 19 heavy (non-hydrogen) atoms. The Morgan fingerprint density at radius 3 is 2.63 bits per heavy atom. The number of hydrogen-bond acceptors (Lipinski definition) is 4. The number of hydrogen-bond donors (Lipinski definition) is 1. The molecule has 5 heteroatoms. The number of carbonyl (C=O) groups excluding carboxylic acids is 1. The van der Waals surface area contributed by atoms with Gasteiger partial charge in [0.25, 0.3) is 0 Å². The molecule has 0 aliphatic carbocycles. The van der Waals surface area contributed by atoms with Crippen molar-refractivity contribution in [3.8, 4) is 5.75 Å². The average Bonchev–Trinajstić information content (AvgIpc) is 2.35. The van der Waals surface area contributed by atoms with Gasteiger partial charge in [-0.05, 0) is 32.4 Å². The summed E-state index contributed by atoms with van der Waals surface area (Å²) in [6.07, 6.45) is -0.0595. The Morgan fingerprint density at radius 2 is 2.11 bits per heavy atom. The van der Waals surface area contributed by atoms with Crippen molar-refractivity contribution in [2.45, 2.75) is 39.3 Å². The normalized spacial score (nSPS) is 13.7. The molecule has 1 aromatic carbocycles. The van der Waals surface area contributed by atoms with E-state index in [-0.39, 0.29) is 12.0 Å². The third-order valence-corrected chi connectivity index (χ3v) is 3.15. The van der Waals surface area contributed by atoms with Crippen molar-refractivity contribution in [3.05, 3.63) is 28.2 Å². The summed E-state index contributed by atoms with van der Waals surface area (Å²) in [6, 6.07) is 5.45. The highest BCUT2D eigenvalue weighted by molar-refractivity contribution is 9.10. The van der Waals surface area contributed by atoms with Gasteiger partial charge in [0.05, 0.1) is 6.61 Å². The number of nitrogens with two attached hydrogens (primary N) is 1. The summed E-state index contributed by atoms with van der Waals surface area (Å²) in [5.41, 5.74) is 6.77. The zero-order chi connectivity index (χ0) is 14.4. The first kappa shape index (κ1) is 16.0. The van der Waals surface area contributed by atoms with E-state index in [0.29, 0.717) is 18.8 Å². The van der Waals surface area contributed by atoms with E-state index in [1.807, 2.05) is 32.0 Å². The lowest BCUT2D eigenvalue weighted by Crippen LogP contribution is -2.29. The van der Waals surface area contributed by atoms with Crippen LogP contribution < -0.4 is 10.5 Å². The smallest absolute Gasteiger partial charge is 0.347 e. The maximum absolute atomic E-state index is 11.8. The molecule has 1 aromatic rings. The van der Waals surface area contributed by atoms with Gasteiger partial charge in [0, 0.05) is 16.1 Å². The van der Waals surface area contributed by atoms with Crippen molar-refractivity contribution in [3.63, 3.8) is 0 Å². The van der Waals surface area contributed by atoms with Crippen molar-refractivity contribution in [2.75, 3.05) is 6.61 Å². The zero-order valence-electron chi connectivity index (χ0n) is 11.5. The second-order valence-corrected chi connectivity index (χ2v) is 5.15.